The number of esters is 1. The molecule has 4 saturated carbocycles. The monoisotopic (exact) mass is 372 g/mol. The van der Waals surface area contributed by atoms with Gasteiger partial charge >= 0.3 is 5.97 Å². The van der Waals surface area contributed by atoms with E-state index >= 15 is 0 Å². The molecule has 4 heteroatoms. The molecule has 0 amide bonds. The van der Waals surface area contributed by atoms with Crippen LogP contribution in [0.2, 0.25) is 0 Å². The van der Waals surface area contributed by atoms with Gasteiger partial charge < -0.3 is 14.6 Å². The molecule has 0 radical (unpaired) electrons. The molecule has 0 bridgehead atoms. The largest absolute Gasteiger partial charge is 0.458 e. The van der Waals surface area contributed by atoms with Crippen LogP contribution in [-0.4, -0.2) is 35.5 Å². The second kappa shape index (κ2) is 5.18. The highest BCUT2D eigenvalue weighted by molar-refractivity contribution is 5.85. The number of hydrogen-bond donors (Lipinski definition) is 1. The minimum absolute atomic E-state index is 0.0388. The maximum absolute atomic E-state index is 11.7. The van der Waals surface area contributed by atoms with Crippen molar-refractivity contribution < 1.29 is 19.4 Å². The highest BCUT2D eigenvalue weighted by Gasteiger charge is 2.80. The van der Waals surface area contributed by atoms with Crippen molar-refractivity contribution >= 4 is 5.97 Å². The number of carbonyl (C=O) groups is 1. The van der Waals surface area contributed by atoms with Gasteiger partial charge in [-0.05, 0) is 86.0 Å². The van der Waals surface area contributed by atoms with E-state index in [0.717, 1.165) is 25.2 Å². The highest BCUT2D eigenvalue weighted by atomic mass is 16.6. The average Bonchev–Trinajstić information content (AvgIpc) is 3.09. The maximum atomic E-state index is 11.7. The molecule has 0 aromatic heterocycles. The number of aliphatic hydroxyl groups excluding tert-OH is 1. The first-order chi connectivity index (χ1) is 12.9. The van der Waals surface area contributed by atoms with Crippen LogP contribution in [-0.2, 0) is 14.3 Å². The summed E-state index contributed by atoms with van der Waals surface area (Å²) < 4.78 is 11.8. The van der Waals surface area contributed by atoms with Gasteiger partial charge in [-0.25, -0.2) is 4.79 Å². The van der Waals surface area contributed by atoms with Crippen LogP contribution in [0.5, 0.6) is 0 Å². The van der Waals surface area contributed by atoms with Crippen LogP contribution in [0.25, 0.3) is 0 Å². The van der Waals surface area contributed by atoms with Crippen LogP contribution in [0, 0.1) is 34.5 Å². The maximum Gasteiger partial charge on any atom is 0.331 e. The van der Waals surface area contributed by atoms with Crippen LogP contribution in [0.15, 0.2) is 11.6 Å². The third kappa shape index (κ3) is 1.95. The number of rotatable bonds is 1. The summed E-state index contributed by atoms with van der Waals surface area (Å²) in [5.74, 6) is 2.35. The highest BCUT2D eigenvalue weighted by Crippen LogP contribution is 2.77. The van der Waals surface area contributed by atoms with Crippen molar-refractivity contribution in [3.63, 3.8) is 0 Å². The minimum Gasteiger partial charge on any atom is -0.458 e. The van der Waals surface area contributed by atoms with Crippen molar-refractivity contribution in [3.05, 3.63) is 11.6 Å². The number of ether oxygens (including phenoxy) is 2. The molecule has 1 spiro atoms. The molecule has 27 heavy (non-hydrogen) atoms. The Morgan fingerprint density at radius 1 is 1.07 bits per heavy atom. The second-order valence-electron chi connectivity index (χ2n) is 10.9. The second-order valence-corrected chi connectivity index (χ2v) is 10.9. The zero-order valence-electron chi connectivity index (χ0n) is 16.6. The molecule has 148 valence electrons. The molecular formula is C23H32O4. The molecule has 6 rings (SSSR count). The molecule has 1 unspecified atom stereocenters. The van der Waals surface area contributed by atoms with Crippen molar-refractivity contribution in [3.8, 4) is 0 Å². The van der Waals surface area contributed by atoms with Gasteiger partial charge in [-0.15, -0.1) is 0 Å². The third-order valence-electron chi connectivity index (χ3n) is 10.2. The van der Waals surface area contributed by atoms with Crippen LogP contribution in [0.3, 0.4) is 0 Å². The zero-order chi connectivity index (χ0) is 18.6. The fourth-order valence-corrected chi connectivity index (χ4v) is 8.82. The third-order valence-corrected chi connectivity index (χ3v) is 10.2. The lowest BCUT2D eigenvalue weighted by Gasteiger charge is -2.61. The lowest BCUT2D eigenvalue weighted by atomic mass is 9.44. The van der Waals surface area contributed by atoms with Gasteiger partial charge in [-0.3, -0.25) is 0 Å². The van der Waals surface area contributed by atoms with E-state index in [2.05, 4.69) is 13.8 Å². The van der Waals surface area contributed by atoms with Crippen LogP contribution in [0.4, 0.5) is 0 Å². The van der Waals surface area contributed by atoms with Gasteiger partial charge in [0.25, 0.3) is 0 Å². The van der Waals surface area contributed by atoms with E-state index in [0.29, 0.717) is 35.9 Å². The van der Waals surface area contributed by atoms with Crippen LogP contribution >= 0.6 is 0 Å². The Labute approximate surface area is 161 Å². The van der Waals surface area contributed by atoms with E-state index in [4.69, 9.17) is 9.47 Å². The van der Waals surface area contributed by atoms with E-state index in [-0.39, 0.29) is 23.1 Å². The summed E-state index contributed by atoms with van der Waals surface area (Å²) in [7, 11) is 0. The molecule has 5 fully saturated rings. The number of aliphatic hydroxyl groups is 1. The number of cyclic esters (lactones) is 1. The Hall–Kier alpha value is -0.870. The predicted octanol–water partition coefficient (Wildman–Crippen LogP) is 3.62. The summed E-state index contributed by atoms with van der Waals surface area (Å²) in [5.41, 5.74) is 1.78. The first-order valence-corrected chi connectivity index (χ1v) is 11.1. The standard InChI is InChI=1S/C23H32O4/c1-21-7-5-15(24)10-14(21)3-4-17-16(21)6-8-22(2)18(11-19-23(17,22)27-19)13-9-20(25)26-12-13/h9,14-19,24H,3-8,10-12H2,1-2H3/t14?,15-,16-,17+,18+,19-,21-,22+,23-/m0/s1. The molecule has 0 aromatic carbocycles. The molecule has 4 nitrogen and oxygen atoms in total. The Balaban J connectivity index is 1.34. The summed E-state index contributed by atoms with van der Waals surface area (Å²) >= 11 is 0. The topological polar surface area (TPSA) is 59.1 Å². The van der Waals surface area contributed by atoms with Gasteiger partial charge in [0.2, 0.25) is 0 Å². The quantitative estimate of drug-likeness (QED) is 0.564. The molecular weight excluding hydrogens is 340 g/mol. The Morgan fingerprint density at radius 2 is 1.93 bits per heavy atom. The lowest BCUT2D eigenvalue weighted by Crippen LogP contribution is -2.58. The van der Waals surface area contributed by atoms with Gasteiger partial charge in [0.05, 0.1) is 12.2 Å². The van der Waals surface area contributed by atoms with E-state index < -0.39 is 0 Å². The van der Waals surface area contributed by atoms with Crippen LogP contribution in [0.1, 0.15) is 65.2 Å². The van der Waals surface area contributed by atoms with Gasteiger partial charge in [0.1, 0.15) is 12.2 Å². The van der Waals surface area contributed by atoms with Gasteiger partial charge in [0.15, 0.2) is 0 Å². The van der Waals surface area contributed by atoms with Crippen molar-refractivity contribution in [1.82, 2.24) is 0 Å². The molecule has 4 aliphatic carbocycles. The van der Waals surface area contributed by atoms with E-state index in [1.807, 2.05) is 0 Å². The van der Waals surface area contributed by atoms with E-state index in [1.165, 1.54) is 37.7 Å². The summed E-state index contributed by atoms with van der Waals surface area (Å²) in [6, 6.07) is 0. The fourth-order valence-electron chi connectivity index (χ4n) is 8.82. The predicted molar refractivity (Wildman–Crippen MR) is 99.8 cm³/mol. The molecule has 2 aliphatic heterocycles. The van der Waals surface area contributed by atoms with Crippen molar-refractivity contribution in [2.24, 2.45) is 34.5 Å². The van der Waals surface area contributed by atoms with Gasteiger partial charge in [0, 0.05) is 11.5 Å². The first kappa shape index (κ1) is 17.0. The van der Waals surface area contributed by atoms with Gasteiger partial charge in [-0.2, -0.15) is 0 Å². The SMILES string of the molecule is C[C@]12CC[C@H](O)CC1CC[C@@H]1[C@@H]2CC[C@]2(C)[C@@H](C3=CC(=O)OC3)C[C@@H]3O[C@]312. The number of epoxide rings is 1. The summed E-state index contributed by atoms with van der Waals surface area (Å²) in [5, 5.41) is 10.2. The minimum atomic E-state index is -0.161. The Morgan fingerprint density at radius 3 is 2.70 bits per heavy atom. The van der Waals surface area contributed by atoms with Gasteiger partial charge in [-0.1, -0.05) is 13.8 Å². The smallest absolute Gasteiger partial charge is 0.331 e. The molecule has 9 atom stereocenters. The summed E-state index contributed by atoms with van der Waals surface area (Å²) in [6.07, 6.45) is 11.3. The van der Waals surface area contributed by atoms with E-state index in [1.54, 1.807) is 6.08 Å². The number of hydrogen-bond acceptors (Lipinski definition) is 4. The number of fused-ring (bicyclic) bond motifs is 3. The molecule has 6 aliphatic rings. The number of carbonyl (C=O) groups excluding carboxylic acids is 1. The normalized spacial score (nSPS) is 58.5. The van der Waals surface area contributed by atoms with E-state index in [9.17, 15) is 9.90 Å². The zero-order valence-corrected chi connectivity index (χ0v) is 16.6. The fraction of sp³-hybridized carbons (Fsp3) is 0.870. The lowest BCUT2D eigenvalue weighted by molar-refractivity contribution is -0.143. The average molecular weight is 373 g/mol. The molecule has 0 aromatic rings. The van der Waals surface area contributed by atoms with Crippen molar-refractivity contribution in [2.45, 2.75) is 83.0 Å². The van der Waals surface area contributed by atoms with Crippen molar-refractivity contribution in [1.29, 1.82) is 0 Å². The van der Waals surface area contributed by atoms with Crippen molar-refractivity contribution in [2.75, 3.05) is 6.61 Å². The molecule has 2 heterocycles. The Bertz CT molecular complexity index is 730. The summed E-state index contributed by atoms with van der Waals surface area (Å²) in [4.78, 5) is 11.7. The van der Waals surface area contributed by atoms with Crippen LogP contribution < -0.4 is 0 Å². The first-order valence-electron chi connectivity index (χ1n) is 11.1. The molecule has 1 saturated heterocycles. The summed E-state index contributed by atoms with van der Waals surface area (Å²) in [6.45, 7) is 5.47. The Kier molecular flexibility index (Phi) is 3.27. The molecule has 1 N–H and O–H groups in total.